The minimum absolute atomic E-state index is 0.103. The van der Waals surface area contributed by atoms with Gasteiger partial charge in [0, 0.05) is 24.6 Å². The summed E-state index contributed by atoms with van der Waals surface area (Å²) >= 11 is 0. The Labute approximate surface area is 129 Å². The molecule has 0 radical (unpaired) electrons. The molecule has 0 spiro atoms. The van der Waals surface area contributed by atoms with Crippen LogP contribution in [0.3, 0.4) is 0 Å². The van der Waals surface area contributed by atoms with E-state index in [2.05, 4.69) is 9.71 Å². The molecule has 0 fully saturated rings. The zero-order valence-corrected chi connectivity index (χ0v) is 12.9. The van der Waals surface area contributed by atoms with Crippen LogP contribution < -0.4 is 15.9 Å². The van der Waals surface area contributed by atoms with E-state index in [-0.39, 0.29) is 17.9 Å². The molecule has 0 aliphatic carbocycles. The Hall–Kier alpha value is -1.90. The number of aromatic nitrogens is 1. The van der Waals surface area contributed by atoms with E-state index < -0.39 is 10.0 Å². The fourth-order valence-corrected chi connectivity index (χ4v) is 3.63. The summed E-state index contributed by atoms with van der Waals surface area (Å²) in [5.74, 6) is 0. The summed E-state index contributed by atoms with van der Waals surface area (Å²) in [4.78, 5) is 3.99. The molecule has 1 aromatic carbocycles. The molecule has 114 valence electrons. The van der Waals surface area contributed by atoms with E-state index in [9.17, 15) is 8.42 Å². The van der Waals surface area contributed by atoms with Gasteiger partial charge in [-0.2, -0.15) is 0 Å². The fourth-order valence-electron chi connectivity index (χ4n) is 2.59. The first-order valence-electron chi connectivity index (χ1n) is 6.93. The van der Waals surface area contributed by atoms with E-state index >= 15 is 0 Å². The van der Waals surface area contributed by atoms with Gasteiger partial charge in [0.25, 0.3) is 10.0 Å². The van der Waals surface area contributed by atoms with Gasteiger partial charge in [-0.3, -0.25) is 9.71 Å². The van der Waals surface area contributed by atoms with Crippen LogP contribution in [0.5, 0.6) is 0 Å². The summed E-state index contributed by atoms with van der Waals surface area (Å²) in [7, 11) is -3.62. The molecule has 1 atom stereocenters. The van der Waals surface area contributed by atoms with Gasteiger partial charge in [-0.1, -0.05) is 12.9 Å². The molecule has 0 saturated heterocycles. The van der Waals surface area contributed by atoms with Crippen LogP contribution in [0.4, 0.5) is 5.69 Å². The molecular weight excluding hydrogens is 301 g/mol. The quantitative estimate of drug-likeness (QED) is 0.811. The standard InChI is InChI=1S/C14H16BN3O3S/c1-15-13-8-10(2-3-12(13)14(9-16)21-15)18-22(19,20)11-4-6-17-7-5-11/h2-8,14,18H,9,16H2,1H3/t14-/m0/s1. The van der Waals surface area contributed by atoms with Gasteiger partial charge in [0.1, 0.15) is 0 Å². The number of fused-ring (bicyclic) bond motifs is 1. The first kappa shape index (κ1) is 15.0. The van der Waals surface area contributed by atoms with Crippen molar-refractivity contribution < 1.29 is 13.1 Å². The first-order chi connectivity index (χ1) is 10.5. The fraction of sp³-hybridized carbons (Fsp3) is 0.214. The molecule has 0 saturated carbocycles. The molecule has 0 bridgehead atoms. The number of nitrogens with one attached hydrogen (secondary N) is 1. The van der Waals surface area contributed by atoms with Gasteiger partial charge in [0.15, 0.2) is 0 Å². The number of sulfonamides is 1. The van der Waals surface area contributed by atoms with Crippen LogP contribution >= 0.6 is 0 Å². The number of hydrogen-bond acceptors (Lipinski definition) is 5. The summed E-state index contributed by atoms with van der Waals surface area (Å²) in [6.45, 7) is 2.23. The smallest absolute Gasteiger partial charge is 0.324 e. The van der Waals surface area contributed by atoms with Crippen molar-refractivity contribution in [3.8, 4) is 0 Å². The molecule has 2 aromatic rings. The normalized spacial score (nSPS) is 17.4. The van der Waals surface area contributed by atoms with Crippen LogP contribution in [-0.2, 0) is 14.7 Å². The maximum Gasteiger partial charge on any atom is 0.324 e. The molecule has 1 aliphatic rings. The maximum atomic E-state index is 12.3. The number of benzene rings is 1. The highest BCUT2D eigenvalue weighted by Gasteiger charge is 2.31. The molecular formula is C14H16BN3O3S. The Kier molecular flexibility index (Phi) is 3.90. The molecule has 3 rings (SSSR count). The number of nitrogens with two attached hydrogens (primary N) is 1. The second-order valence-corrected chi connectivity index (χ2v) is 6.82. The minimum atomic E-state index is -3.62. The number of rotatable bonds is 4. The molecule has 3 N–H and O–H groups in total. The highest BCUT2D eigenvalue weighted by molar-refractivity contribution is 7.92. The number of anilines is 1. The van der Waals surface area contributed by atoms with Gasteiger partial charge in [0.2, 0.25) is 0 Å². The third-order valence-corrected chi connectivity index (χ3v) is 5.06. The van der Waals surface area contributed by atoms with Crippen molar-refractivity contribution in [2.45, 2.75) is 17.8 Å². The van der Waals surface area contributed by atoms with E-state index in [0.29, 0.717) is 12.2 Å². The summed E-state index contributed by atoms with van der Waals surface area (Å²) in [5.41, 5.74) is 8.17. The van der Waals surface area contributed by atoms with Crippen molar-refractivity contribution in [3.05, 3.63) is 48.3 Å². The van der Waals surface area contributed by atoms with Crippen molar-refractivity contribution in [3.63, 3.8) is 0 Å². The highest BCUT2D eigenvalue weighted by Crippen LogP contribution is 2.25. The number of pyridine rings is 1. The lowest BCUT2D eigenvalue weighted by molar-refractivity contribution is 0.235. The molecule has 6 nitrogen and oxygen atoms in total. The highest BCUT2D eigenvalue weighted by atomic mass is 32.2. The first-order valence-corrected chi connectivity index (χ1v) is 8.42. The van der Waals surface area contributed by atoms with E-state index in [0.717, 1.165) is 11.0 Å². The van der Waals surface area contributed by atoms with Crippen LogP contribution in [0, 0.1) is 0 Å². The van der Waals surface area contributed by atoms with Crippen LogP contribution in [0.25, 0.3) is 0 Å². The third-order valence-electron chi connectivity index (χ3n) is 3.67. The lowest BCUT2D eigenvalue weighted by atomic mass is 9.64. The van der Waals surface area contributed by atoms with Gasteiger partial charge in [-0.15, -0.1) is 0 Å². The van der Waals surface area contributed by atoms with Gasteiger partial charge in [-0.25, -0.2) is 8.42 Å². The van der Waals surface area contributed by atoms with Crippen LogP contribution in [0.1, 0.15) is 11.7 Å². The van der Waals surface area contributed by atoms with Gasteiger partial charge < -0.3 is 10.4 Å². The molecule has 1 aromatic heterocycles. The van der Waals surface area contributed by atoms with E-state index in [1.165, 1.54) is 24.5 Å². The topological polar surface area (TPSA) is 94.3 Å². The SMILES string of the molecule is CB1O[C@@H](CN)c2ccc(NS(=O)(=O)c3ccncc3)cc21. The monoisotopic (exact) mass is 317 g/mol. The van der Waals surface area contributed by atoms with Crippen molar-refractivity contribution in [2.75, 3.05) is 11.3 Å². The summed E-state index contributed by atoms with van der Waals surface area (Å²) in [5, 5.41) is 0. The Morgan fingerprint density at radius 2 is 2.05 bits per heavy atom. The van der Waals surface area contributed by atoms with Gasteiger partial charge >= 0.3 is 6.92 Å². The summed E-state index contributed by atoms with van der Waals surface area (Å²) in [6, 6.07) is 8.29. The zero-order valence-electron chi connectivity index (χ0n) is 12.1. The third kappa shape index (κ3) is 2.72. The van der Waals surface area contributed by atoms with Crippen LogP contribution in [0.15, 0.2) is 47.6 Å². The van der Waals surface area contributed by atoms with Gasteiger partial charge in [-0.05, 0) is 35.3 Å². The van der Waals surface area contributed by atoms with Gasteiger partial charge in [0.05, 0.1) is 11.0 Å². The Bertz CT molecular complexity index is 783. The van der Waals surface area contributed by atoms with Crippen LogP contribution in [-0.4, -0.2) is 26.9 Å². The van der Waals surface area contributed by atoms with Crippen LogP contribution in [0.2, 0.25) is 6.82 Å². The predicted molar refractivity (Wildman–Crippen MR) is 85.6 cm³/mol. The maximum absolute atomic E-state index is 12.3. The predicted octanol–water partition coefficient (Wildman–Crippen LogP) is 0.741. The van der Waals surface area contributed by atoms with E-state index in [4.69, 9.17) is 10.4 Å². The van der Waals surface area contributed by atoms with E-state index in [1.54, 1.807) is 12.1 Å². The Morgan fingerprint density at radius 1 is 1.32 bits per heavy atom. The molecule has 8 heteroatoms. The van der Waals surface area contributed by atoms with Crippen molar-refractivity contribution in [1.29, 1.82) is 0 Å². The Balaban J connectivity index is 1.90. The zero-order chi connectivity index (χ0) is 15.7. The number of nitrogens with zero attached hydrogens (tertiary/aromatic N) is 1. The number of hydrogen-bond donors (Lipinski definition) is 2. The molecule has 0 amide bonds. The largest absolute Gasteiger partial charge is 0.423 e. The van der Waals surface area contributed by atoms with Crippen molar-refractivity contribution in [1.82, 2.24) is 4.98 Å². The molecule has 22 heavy (non-hydrogen) atoms. The molecule has 2 heterocycles. The van der Waals surface area contributed by atoms with Crippen molar-refractivity contribution >= 4 is 28.1 Å². The second kappa shape index (κ2) is 5.71. The Morgan fingerprint density at radius 3 is 2.73 bits per heavy atom. The summed E-state index contributed by atoms with van der Waals surface area (Å²) in [6.07, 6.45) is 2.76. The average molecular weight is 317 g/mol. The lowest BCUT2D eigenvalue weighted by Crippen LogP contribution is -2.25. The molecule has 1 aliphatic heterocycles. The summed E-state index contributed by atoms with van der Waals surface area (Å²) < 4.78 is 32.9. The molecule has 0 unspecified atom stereocenters. The van der Waals surface area contributed by atoms with Crippen molar-refractivity contribution in [2.24, 2.45) is 5.73 Å². The average Bonchev–Trinajstić information content (AvgIpc) is 2.84. The lowest BCUT2D eigenvalue weighted by Gasteiger charge is -2.11. The van der Waals surface area contributed by atoms with E-state index in [1.807, 2.05) is 12.9 Å². The second-order valence-electron chi connectivity index (χ2n) is 5.13. The minimum Gasteiger partial charge on any atom is -0.423 e.